The predicted molar refractivity (Wildman–Crippen MR) is 418 cm³/mol. The molecule has 1 fully saturated rings. The van der Waals surface area contributed by atoms with Crippen LogP contribution in [0.15, 0.2) is 36.8 Å². The molecule has 48 heteroatoms. The summed E-state index contributed by atoms with van der Waals surface area (Å²) < 4.78 is 0. The number of benzene rings is 1. The lowest BCUT2D eigenvalue weighted by atomic mass is 10.0. The van der Waals surface area contributed by atoms with E-state index in [1.807, 2.05) is 0 Å². The summed E-state index contributed by atoms with van der Waals surface area (Å²) in [7, 11) is 0. The van der Waals surface area contributed by atoms with Crippen LogP contribution >= 0.6 is 0 Å². The molecule has 1 aromatic carbocycles. The van der Waals surface area contributed by atoms with Crippen molar-refractivity contribution >= 4 is 112 Å². The number of imidazole rings is 1. The molecule has 13 atom stereocenters. The van der Waals surface area contributed by atoms with Gasteiger partial charge in [0.05, 0.1) is 38.4 Å². The second-order valence-corrected chi connectivity index (χ2v) is 27.7. The number of aliphatic hydroxyl groups is 3. The number of amides is 17. The average molecular weight is 1670 g/mol. The van der Waals surface area contributed by atoms with Crippen molar-refractivity contribution in [3.63, 3.8) is 0 Å². The van der Waals surface area contributed by atoms with Crippen molar-refractivity contribution in [2.24, 2.45) is 40.1 Å². The minimum atomic E-state index is -1.92. The van der Waals surface area contributed by atoms with Crippen LogP contribution in [0.25, 0.3) is 0 Å². The Labute approximate surface area is 678 Å². The standard InChI is InChI=1S/C70H115N27O21/c1-36(85-37(2)101)57(107)95-50(33-99)65(115)90-44(19-21-53(73)103)62(112)87-41(10-3-5-23-71)59(109)92-46(13-8-26-82-70(78)79)68(118)97-27-9-14-52(97)67(117)96-51(34-100)66(116)91-45(20-22-54(74)104)63(113)88-43(12-7-25-81-69(76)77)61(111)94-48(29-39-30-80-35-84-39)58(108)83-31-55(105)86-49(32-98)64(114)89-42(11-4-6-24-72)60(110)93-47(56(75)106)28-38-15-17-40(102)18-16-38/h15-18,30,35-36,41-52,98-100,102H,3-14,19-29,31-34,71-72H2,1-2H3,(H2,73,103)(H2,74,104)(H2,75,106)(H,80,84)(H,83,108)(H,85,101)(H,86,105)(H,87,112)(H,88,113)(H,89,114)(H,90,115)(H,91,116)(H,92,109)(H,93,110)(H,94,111)(H,95,107)(H,96,117)(H4,76,77,81)(H4,78,79,82)/t36-,41-,42-,43-,44-,45-,46-,47-,48-,49-,50-,51-,52-/m0/s1. The number of aromatic nitrogens is 2. The van der Waals surface area contributed by atoms with Crippen LogP contribution in [0.1, 0.15) is 128 Å². The third kappa shape index (κ3) is 37.0. The van der Waals surface area contributed by atoms with Crippen LogP contribution in [-0.2, 0) is 94.3 Å². The first-order valence-electron chi connectivity index (χ1n) is 38.1. The lowest BCUT2D eigenvalue weighted by molar-refractivity contribution is -0.143. The smallest absolute Gasteiger partial charge is 0.245 e. The van der Waals surface area contributed by atoms with Gasteiger partial charge in [-0.15, -0.1) is 0 Å². The van der Waals surface area contributed by atoms with Gasteiger partial charge >= 0.3 is 0 Å². The third-order valence-electron chi connectivity index (χ3n) is 18.2. The Morgan fingerprint density at radius 2 is 0.890 bits per heavy atom. The molecule has 2 heterocycles. The number of H-pyrrole nitrogens is 1. The van der Waals surface area contributed by atoms with Gasteiger partial charge < -0.3 is 150 Å². The summed E-state index contributed by atoms with van der Waals surface area (Å²) in [6, 6.07) is -14.7. The van der Waals surface area contributed by atoms with E-state index >= 15 is 0 Å². The van der Waals surface area contributed by atoms with Crippen molar-refractivity contribution < 1.29 is 102 Å². The first kappa shape index (κ1) is 99.8. The van der Waals surface area contributed by atoms with Gasteiger partial charge in [0.1, 0.15) is 84.3 Å². The highest BCUT2D eigenvalue weighted by Crippen LogP contribution is 2.21. The van der Waals surface area contributed by atoms with E-state index in [0.29, 0.717) is 24.8 Å². The van der Waals surface area contributed by atoms with Gasteiger partial charge in [-0.05, 0) is 128 Å². The zero-order chi connectivity index (χ0) is 88.1. The van der Waals surface area contributed by atoms with E-state index in [1.54, 1.807) is 0 Å². The molecular formula is C70H115N27O21. The molecule has 0 unspecified atom stereocenters. The normalized spacial score (nSPS) is 15.3. The van der Waals surface area contributed by atoms with Crippen LogP contribution in [0, 0.1) is 10.8 Å². The maximum absolute atomic E-state index is 14.8. The SMILES string of the molecule is CC(=O)N[C@@H](C)C(=O)N[C@@H](CO)C(=O)N[C@@H](CCC(N)=O)C(=O)N[C@@H](CCCCN)C(=O)N[C@@H](CCCNC(=N)N)C(=O)N1CCC[C@H]1C(=O)N[C@@H](CO)C(=O)N[C@@H](CCC(N)=O)C(=O)N[C@@H](CCCNC(=N)N)C(=O)N[C@@H](Cc1c[nH]cn1)C(=O)NCC(=O)N[C@@H](CO)C(=O)N[C@@H](CCCCN)C(=O)N[C@@H](Cc1ccc(O)cc1)C(N)=O. The molecular weight excluding hydrogens is 1550 g/mol. The summed E-state index contributed by atoms with van der Waals surface area (Å²) in [6.07, 6.45) is 0.606. The number of likely N-dealkylation sites (tertiary alicyclic amines) is 1. The molecule has 1 aromatic heterocycles. The van der Waals surface area contributed by atoms with Gasteiger partial charge in [0.15, 0.2) is 11.9 Å². The fourth-order valence-electron chi connectivity index (χ4n) is 11.9. The number of nitrogens with zero attached hydrogens (tertiary/aromatic N) is 2. The number of aromatic amines is 1. The van der Waals surface area contributed by atoms with E-state index in [1.165, 1.54) is 43.7 Å². The van der Waals surface area contributed by atoms with Crippen molar-refractivity contribution in [3.05, 3.63) is 48.0 Å². The van der Waals surface area contributed by atoms with Gasteiger partial charge in [0.25, 0.3) is 0 Å². The zero-order valence-electron chi connectivity index (χ0n) is 65.7. The molecule has 1 aliphatic rings. The zero-order valence-corrected chi connectivity index (χ0v) is 65.7. The van der Waals surface area contributed by atoms with Crippen LogP contribution in [0.2, 0.25) is 0 Å². The lowest BCUT2D eigenvalue weighted by Gasteiger charge is -2.31. The number of phenols is 1. The quantitative estimate of drug-likeness (QED) is 0.0166. The van der Waals surface area contributed by atoms with Crippen LogP contribution in [0.4, 0.5) is 0 Å². The highest BCUT2D eigenvalue weighted by molar-refractivity contribution is 6.01. The van der Waals surface area contributed by atoms with Crippen molar-refractivity contribution in [2.45, 2.75) is 208 Å². The fourth-order valence-corrected chi connectivity index (χ4v) is 11.9. The van der Waals surface area contributed by atoms with Crippen molar-refractivity contribution in [1.82, 2.24) is 94.6 Å². The highest BCUT2D eigenvalue weighted by atomic mass is 16.3. The number of phenolic OH excluding ortho intramolecular Hbond substituents is 1. The summed E-state index contributed by atoms with van der Waals surface area (Å²) in [5.41, 5.74) is 39.6. The minimum absolute atomic E-state index is 0.0188. The Morgan fingerprint density at radius 1 is 0.483 bits per heavy atom. The van der Waals surface area contributed by atoms with Gasteiger partial charge in [0, 0.05) is 58.4 Å². The second kappa shape index (κ2) is 52.9. The Kier molecular flexibility index (Phi) is 44.7. The largest absolute Gasteiger partial charge is 0.508 e. The Bertz CT molecular complexity index is 3750. The number of hydrogen-bond acceptors (Lipinski definition) is 26. The van der Waals surface area contributed by atoms with Gasteiger partial charge in [-0.1, -0.05) is 12.1 Å². The van der Waals surface area contributed by atoms with Crippen molar-refractivity contribution in [2.75, 3.05) is 59.1 Å². The van der Waals surface area contributed by atoms with E-state index in [-0.39, 0.29) is 115 Å². The Hall–Kier alpha value is -12.4. The molecule has 0 bridgehead atoms. The summed E-state index contributed by atoms with van der Waals surface area (Å²) in [4.78, 5) is 238. The number of carbonyl (C=O) groups excluding carboxylic acids is 17. The molecule has 118 heavy (non-hydrogen) atoms. The second-order valence-electron chi connectivity index (χ2n) is 27.7. The summed E-state index contributed by atoms with van der Waals surface area (Å²) >= 11 is 0. The predicted octanol–water partition coefficient (Wildman–Crippen LogP) is -12.4. The van der Waals surface area contributed by atoms with E-state index in [2.05, 4.69) is 89.7 Å². The molecule has 1 aliphatic heterocycles. The number of rotatable bonds is 56. The Morgan fingerprint density at radius 3 is 1.31 bits per heavy atom. The third-order valence-corrected chi connectivity index (χ3v) is 18.2. The van der Waals surface area contributed by atoms with Crippen molar-refractivity contribution in [3.8, 4) is 5.75 Å². The number of unbranched alkanes of at least 4 members (excludes halogenated alkanes) is 2. The number of nitrogens with one attached hydrogen (secondary N) is 18. The maximum atomic E-state index is 14.8. The van der Waals surface area contributed by atoms with Gasteiger partial charge in [-0.3, -0.25) is 92.3 Å². The number of aliphatic hydroxyl groups excluding tert-OH is 3. The molecule has 1 saturated heterocycles. The first-order valence-corrected chi connectivity index (χ1v) is 38.1. The molecule has 2 aromatic rings. The molecule has 0 spiro atoms. The highest BCUT2D eigenvalue weighted by Gasteiger charge is 2.41. The average Bonchev–Trinajstić information content (AvgIpc) is 1.64. The summed E-state index contributed by atoms with van der Waals surface area (Å²) in [6.45, 7) is -1.56. The van der Waals surface area contributed by atoms with Crippen molar-refractivity contribution in [1.29, 1.82) is 10.8 Å². The first-order chi connectivity index (χ1) is 55.9. The van der Waals surface area contributed by atoms with Crippen LogP contribution in [-0.4, -0.2) is 285 Å². The molecule has 0 saturated carbocycles. The van der Waals surface area contributed by atoms with Gasteiger partial charge in [0.2, 0.25) is 100 Å². The monoisotopic (exact) mass is 1670 g/mol. The molecule has 17 amide bonds. The molecule has 36 N–H and O–H groups in total. The number of primary amides is 3. The number of guanidine groups is 2. The number of nitrogens with two attached hydrogens (primary N) is 7. The van der Waals surface area contributed by atoms with Crippen LogP contribution < -0.4 is 120 Å². The number of aromatic hydroxyl groups is 1. The fraction of sp³-hybridized carbons (Fsp3) is 0.600. The van der Waals surface area contributed by atoms with Gasteiger partial charge in [-0.25, -0.2) is 4.98 Å². The van der Waals surface area contributed by atoms with Crippen LogP contribution in [0.5, 0.6) is 5.75 Å². The Balaban J connectivity index is 1.89. The van der Waals surface area contributed by atoms with Crippen LogP contribution in [0.3, 0.4) is 0 Å². The topological polar surface area (TPSA) is 813 Å². The minimum Gasteiger partial charge on any atom is -0.508 e. The lowest BCUT2D eigenvalue weighted by Crippen LogP contribution is -2.61. The molecule has 0 aliphatic carbocycles. The summed E-state index contributed by atoms with van der Waals surface area (Å²) in [5.74, 6) is -17.9. The molecule has 0 radical (unpaired) electrons. The molecule has 656 valence electrons. The number of carbonyl (C=O) groups is 17. The number of hydrogen-bond donors (Lipinski definition) is 29. The van der Waals surface area contributed by atoms with E-state index in [9.17, 15) is 102 Å². The van der Waals surface area contributed by atoms with E-state index < -0.39 is 243 Å². The summed E-state index contributed by atoms with van der Waals surface area (Å²) in [5, 5.41) is 92.3. The van der Waals surface area contributed by atoms with E-state index in [0.717, 1.165) is 11.8 Å². The molecule has 48 nitrogen and oxygen atoms in total. The molecule has 3 rings (SSSR count). The van der Waals surface area contributed by atoms with E-state index in [4.69, 9.17) is 51.0 Å². The van der Waals surface area contributed by atoms with Gasteiger partial charge in [-0.2, -0.15) is 0 Å². The maximum Gasteiger partial charge on any atom is 0.245 e.